The molecule has 0 aromatic heterocycles. The van der Waals surface area contributed by atoms with Gasteiger partial charge in [-0.25, -0.2) is 0 Å². The van der Waals surface area contributed by atoms with Crippen molar-refractivity contribution in [2.45, 2.75) is 31.5 Å². The highest BCUT2D eigenvalue weighted by molar-refractivity contribution is 5.81. The lowest BCUT2D eigenvalue weighted by Crippen LogP contribution is -2.17. The van der Waals surface area contributed by atoms with Crippen molar-refractivity contribution in [1.82, 2.24) is 0 Å². The topological polar surface area (TPSA) is 26.3 Å². The SMILES string of the molecule is O=C1CCC(c2cccc(OC(F)(F)F)c2)C1. The predicted molar refractivity (Wildman–Crippen MR) is 54.7 cm³/mol. The van der Waals surface area contributed by atoms with Crippen molar-refractivity contribution >= 4 is 5.78 Å². The normalized spacial score (nSPS) is 20.6. The molecule has 5 heteroatoms. The van der Waals surface area contributed by atoms with Gasteiger partial charge in [0.1, 0.15) is 11.5 Å². The van der Waals surface area contributed by atoms with E-state index in [4.69, 9.17) is 0 Å². The van der Waals surface area contributed by atoms with Gasteiger partial charge in [0.2, 0.25) is 0 Å². The van der Waals surface area contributed by atoms with Gasteiger partial charge in [0.25, 0.3) is 0 Å². The molecule has 1 atom stereocenters. The fourth-order valence-electron chi connectivity index (χ4n) is 2.06. The monoisotopic (exact) mass is 244 g/mol. The zero-order chi connectivity index (χ0) is 12.5. The van der Waals surface area contributed by atoms with Crippen LogP contribution in [-0.4, -0.2) is 12.1 Å². The van der Waals surface area contributed by atoms with E-state index < -0.39 is 6.36 Å². The Morgan fingerprint density at radius 3 is 2.65 bits per heavy atom. The number of Topliss-reactive ketones (excluding diaryl/α,β-unsaturated/α-hetero) is 1. The summed E-state index contributed by atoms with van der Waals surface area (Å²) in [6.07, 6.45) is -3.05. The molecule has 0 N–H and O–H groups in total. The maximum absolute atomic E-state index is 12.0. The smallest absolute Gasteiger partial charge is 0.406 e. The average Bonchev–Trinajstić information content (AvgIpc) is 2.63. The van der Waals surface area contributed by atoms with Gasteiger partial charge >= 0.3 is 6.36 Å². The van der Waals surface area contributed by atoms with Crippen LogP contribution in [0.25, 0.3) is 0 Å². The van der Waals surface area contributed by atoms with Crippen LogP contribution >= 0.6 is 0 Å². The molecule has 0 heterocycles. The molecule has 1 aliphatic rings. The first-order chi connectivity index (χ1) is 7.94. The highest BCUT2D eigenvalue weighted by Crippen LogP contribution is 2.34. The summed E-state index contributed by atoms with van der Waals surface area (Å²) in [6, 6.07) is 5.86. The summed E-state index contributed by atoms with van der Waals surface area (Å²) in [5.41, 5.74) is 0.734. The van der Waals surface area contributed by atoms with Crippen LogP contribution in [0.4, 0.5) is 13.2 Å². The number of carbonyl (C=O) groups excluding carboxylic acids is 1. The van der Waals surface area contributed by atoms with E-state index in [2.05, 4.69) is 4.74 Å². The predicted octanol–water partition coefficient (Wildman–Crippen LogP) is 3.42. The molecule has 0 amide bonds. The summed E-state index contributed by atoms with van der Waals surface area (Å²) < 4.78 is 40.0. The van der Waals surface area contributed by atoms with Crippen molar-refractivity contribution in [3.05, 3.63) is 29.8 Å². The molecule has 0 bridgehead atoms. The molecule has 1 saturated carbocycles. The number of rotatable bonds is 2. The number of halogens is 3. The molecule has 2 rings (SSSR count). The number of carbonyl (C=O) groups is 1. The lowest BCUT2D eigenvalue weighted by atomic mass is 9.98. The summed E-state index contributed by atoms with van der Waals surface area (Å²) in [7, 11) is 0. The van der Waals surface area contributed by atoms with Crippen molar-refractivity contribution in [2.24, 2.45) is 0 Å². The second-order valence-electron chi connectivity index (χ2n) is 4.10. The van der Waals surface area contributed by atoms with Gasteiger partial charge in [-0.1, -0.05) is 12.1 Å². The van der Waals surface area contributed by atoms with Crippen LogP contribution in [0, 0.1) is 0 Å². The fraction of sp³-hybridized carbons (Fsp3) is 0.417. The van der Waals surface area contributed by atoms with E-state index in [1.807, 2.05) is 0 Å². The Morgan fingerprint density at radius 2 is 2.06 bits per heavy atom. The highest BCUT2D eigenvalue weighted by Gasteiger charge is 2.31. The van der Waals surface area contributed by atoms with Gasteiger partial charge in [-0.15, -0.1) is 13.2 Å². The maximum Gasteiger partial charge on any atom is 0.573 e. The Morgan fingerprint density at radius 1 is 1.29 bits per heavy atom. The largest absolute Gasteiger partial charge is 0.573 e. The van der Waals surface area contributed by atoms with E-state index >= 15 is 0 Å². The lowest BCUT2D eigenvalue weighted by Gasteiger charge is -2.12. The van der Waals surface area contributed by atoms with Crippen molar-refractivity contribution < 1.29 is 22.7 Å². The second-order valence-corrected chi connectivity index (χ2v) is 4.10. The first kappa shape index (κ1) is 12.0. The van der Waals surface area contributed by atoms with Gasteiger partial charge in [0.05, 0.1) is 0 Å². The van der Waals surface area contributed by atoms with Gasteiger partial charge in [0, 0.05) is 12.8 Å². The Hall–Kier alpha value is -1.52. The maximum atomic E-state index is 12.0. The number of ether oxygens (including phenoxy) is 1. The molecule has 1 aromatic rings. The summed E-state index contributed by atoms with van der Waals surface area (Å²) in [4.78, 5) is 11.1. The Bertz CT molecular complexity index is 426. The van der Waals surface area contributed by atoms with E-state index in [1.165, 1.54) is 18.2 Å². The summed E-state index contributed by atoms with van der Waals surface area (Å²) in [5.74, 6) is -0.0363. The molecule has 0 spiro atoms. The third kappa shape index (κ3) is 3.22. The van der Waals surface area contributed by atoms with E-state index in [0.29, 0.717) is 19.3 Å². The standard InChI is InChI=1S/C12H11F3O2/c13-12(14,15)17-11-3-1-2-8(7-11)9-4-5-10(16)6-9/h1-3,7,9H,4-6H2. The molecule has 1 aliphatic carbocycles. The van der Waals surface area contributed by atoms with E-state index in [1.54, 1.807) is 6.07 Å². The van der Waals surface area contributed by atoms with Crippen LogP contribution in [-0.2, 0) is 4.79 Å². The zero-order valence-electron chi connectivity index (χ0n) is 8.96. The van der Waals surface area contributed by atoms with Crippen molar-refractivity contribution in [2.75, 3.05) is 0 Å². The van der Waals surface area contributed by atoms with Gasteiger partial charge in [0.15, 0.2) is 0 Å². The minimum Gasteiger partial charge on any atom is -0.406 e. The molecule has 0 aliphatic heterocycles. The van der Waals surface area contributed by atoms with Gasteiger partial charge in [-0.2, -0.15) is 0 Å². The quantitative estimate of drug-likeness (QED) is 0.796. The van der Waals surface area contributed by atoms with Crippen LogP contribution in [0.5, 0.6) is 5.75 Å². The third-order valence-electron chi connectivity index (χ3n) is 2.81. The van der Waals surface area contributed by atoms with Crippen LogP contribution in [0.3, 0.4) is 0 Å². The zero-order valence-corrected chi connectivity index (χ0v) is 8.96. The van der Waals surface area contributed by atoms with Crippen molar-refractivity contribution in [1.29, 1.82) is 0 Å². The molecule has 1 fully saturated rings. The van der Waals surface area contributed by atoms with E-state index in [9.17, 15) is 18.0 Å². The first-order valence-corrected chi connectivity index (χ1v) is 5.31. The average molecular weight is 244 g/mol. The molecular formula is C12H11F3O2. The Kier molecular flexibility index (Phi) is 3.09. The summed E-state index contributed by atoms with van der Waals surface area (Å²) >= 11 is 0. The third-order valence-corrected chi connectivity index (χ3v) is 2.81. The van der Waals surface area contributed by atoms with Crippen LogP contribution in [0.1, 0.15) is 30.7 Å². The van der Waals surface area contributed by atoms with Gasteiger partial charge < -0.3 is 4.74 Å². The van der Waals surface area contributed by atoms with Crippen LogP contribution in [0.15, 0.2) is 24.3 Å². The summed E-state index contributed by atoms with van der Waals surface area (Å²) in [6.45, 7) is 0. The number of hydrogen-bond acceptors (Lipinski definition) is 2. The van der Waals surface area contributed by atoms with Crippen LogP contribution in [0.2, 0.25) is 0 Å². The van der Waals surface area contributed by atoms with Crippen molar-refractivity contribution in [3.8, 4) is 5.75 Å². The molecular weight excluding hydrogens is 233 g/mol. The molecule has 17 heavy (non-hydrogen) atoms. The first-order valence-electron chi connectivity index (χ1n) is 5.31. The molecule has 92 valence electrons. The number of alkyl halides is 3. The second kappa shape index (κ2) is 4.39. The van der Waals surface area contributed by atoms with E-state index in [0.717, 1.165) is 5.56 Å². The van der Waals surface area contributed by atoms with Crippen LogP contribution < -0.4 is 4.74 Å². The van der Waals surface area contributed by atoms with Gasteiger partial charge in [-0.3, -0.25) is 4.79 Å². The Balaban J connectivity index is 2.14. The Labute approximate surface area is 96.4 Å². The minimum absolute atomic E-state index is 0.0271. The highest BCUT2D eigenvalue weighted by atomic mass is 19.4. The fourth-order valence-corrected chi connectivity index (χ4v) is 2.06. The molecule has 2 nitrogen and oxygen atoms in total. The number of ketones is 1. The van der Waals surface area contributed by atoms with E-state index in [-0.39, 0.29) is 17.5 Å². The summed E-state index contributed by atoms with van der Waals surface area (Å²) in [5, 5.41) is 0. The van der Waals surface area contributed by atoms with Crippen molar-refractivity contribution in [3.63, 3.8) is 0 Å². The minimum atomic E-state index is -4.68. The van der Waals surface area contributed by atoms with Gasteiger partial charge in [-0.05, 0) is 30.0 Å². The number of hydrogen-bond donors (Lipinski definition) is 0. The molecule has 1 aromatic carbocycles. The lowest BCUT2D eigenvalue weighted by molar-refractivity contribution is -0.274. The molecule has 0 radical (unpaired) electrons. The molecule has 0 saturated heterocycles. The molecule has 1 unspecified atom stereocenters. The number of benzene rings is 1.